The molecule has 0 radical (unpaired) electrons. The number of esters is 1. The van der Waals surface area contributed by atoms with Crippen molar-refractivity contribution in [3.8, 4) is 0 Å². The topological polar surface area (TPSA) is 92.7 Å². The average molecular weight is 752 g/mol. The molecule has 1 unspecified atom stereocenters. The molecule has 0 aliphatic rings. The number of rotatable bonds is 39. The number of ether oxygens (including phenoxy) is 1. The third-order valence-electron chi connectivity index (χ3n) is 9.37. The third kappa shape index (κ3) is 41.6. The van der Waals surface area contributed by atoms with Gasteiger partial charge in [-0.15, -0.1) is 0 Å². The number of amides is 1. The quantitative estimate of drug-likeness (QED) is 0.0371. The van der Waals surface area contributed by atoms with E-state index in [4.69, 9.17) is 9.84 Å². The highest BCUT2D eigenvalue weighted by molar-refractivity contribution is 5.80. The van der Waals surface area contributed by atoms with Crippen LogP contribution in [-0.2, 0) is 19.1 Å². The first-order valence-corrected chi connectivity index (χ1v) is 22.1. The van der Waals surface area contributed by atoms with E-state index >= 15 is 0 Å². The minimum atomic E-state index is -1.02. The van der Waals surface area contributed by atoms with Gasteiger partial charge in [0.1, 0.15) is 12.6 Å². The summed E-state index contributed by atoms with van der Waals surface area (Å²) in [6, 6.07) is 0. The summed E-state index contributed by atoms with van der Waals surface area (Å²) in [7, 11) is 0. The number of carbonyl (C=O) groups is 3. The van der Waals surface area contributed by atoms with E-state index in [-0.39, 0.29) is 24.5 Å². The van der Waals surface area contributed by atoms with Crippen molar-refractivity contribution in [1.82, 2.24) is 5.32 Å². The fourth-order valence-electron chi connectivity index (χ4n) is 6.13. The molecule has 0 saturated carbocycles. The summed E-state index contributed by atoms with van der Waals surface area (Å²) in [5.41, 5.74) is 0. The molecule has 308 valence electrons. The van der Waals surface area contributed by atoms with Gasteiger partial charge >= 0.3 is 11.9 Å². The van der Waals surface area contributed by atoms with Gasteiger partial charge in [0.2, 0.25) is 5.91 Å². The molecule has 0 heterocycles. The van der Waals surface area contributed by atoms with Gasteiger partial charge in [-0.05, 0) is 96.3 Å². The van der Waals surface area contributed by atoms with Crippen LogP contribution in [0.25, 0.3) is 0 Å². The van der Waals surface area contributed by atoms with E-state index in [1.165, 1.54) is 77.0 Å². The summed E-state index contributed by atoms with van der Waals surface area (Å²) in [5, 5.41) is 11.1. The number of unbranched alkanes of at least 4 members (excludes halogenated alkanes) is 16. The Kier molecular flexibility index (Phi) is 40.1. The van der Waals surface area contributed by atoms with Crippen LogP contribution in [0, 0.1) is 0 Å². The van der Waals surface area contributed by atoms with Crippen LogP contribution >= 0.6 is 0 Å². The zero-order valence-corrected chi connectivity index (χ0v) is 34.8. The van der Waals surface area contributed by atoms with Crippen molar-refractivity contribution >= 4 is 17.8 Å². The Hall–Kier alpha value is -3.15. The Morgan fingerprint density at radius 2 is 0.944 bits per heavy atom. The van der Waals surface area contributed by atoms with Crippen LogP contribution in [0.5, 0.6) is 0 Å². The number of aliphatic carboxylic acids is 1. The second-order valence-electron chi connectivity index (χ2n) is 14.6. The molecule has 54 heavy (non-hydrogen) atoms. The van der Waals surface area contributed by atoms with Gasteiger partial charge in [-0.3, -0.25) is 14.4 Å². The molecular weight excluding hydrogens is 671 g/mol. The zero-order valence-electron chi connectivity index (χ0n) is 34.8. The van der Waals surface area contributed by atoms with Gasteiger partial charge in [0.15, 0.2) is 0 Å². The molecule has 0 aliphatic heterocycles. The van der Waals surface area contributed by atoms with Gasteiger partial charge in [-0.2, -0.15) is 0 Å². The lowest BCUT2D eigenvalue weighted by Crippen LogP contribution is -2.28. The van der Waals surface area contributed by atoms with Crippen molar-refractivity contribution in [2.24, 2.45) is 0 Å². The minimum absolute atomic E-state index is 0.0565. The van der Waals surface area contributed by atoms with Crippen molar-refractivity contribution in [3.05, 3.63) is 72.9 Å². The molecule has 0 aromatic heterocycles. The number of allylic oxidation sites excluding steroid dienone is 12. The Morgan fingerprint density at radius 3 is 1.48 bits per heavy atom. The number of carboxylic acid groups (broad SMARTS) is 1. The highest BCUT2D eigenvalue weighted by atomic mass is 16.5. The van der Waals surface area contributed by atoms with E-state index in [1.807, 2.05) is 0 Å². The van der Waals surface area contributed by atoms with Gasteiger partial charge in [0.05, 0.1) is 0 Å². The number of hydrogen-bond acceptors (Lipinski definition) is 4. The number of nitrogens with one attached hydrogen (secondary N) is 1. The third-order valence-corrected chi connectivity index (χ3v) is 9.37. The molecule has 0 fully saturated rings. The fourth-order valence-corrected chi connectivity index (χ4v) is 6.13. The first-order valence-electron chi connectivity index (χ1n) is 22.1. The normalized spacial score (nSPS) is 12.8. The second kappa shape index (κ2) is 42.6. The molecule has 0 spiro atoms. The van der Waals surface area contributed by atoms with Gasteiger partial charge in [0, 0.05) is 12.8 Å². The van der Waals surface area contributed by atoms with Crippen LogP contribution in [0.15, 0.2) is 72.9 Å². The van der Waals surface area contributed by atoms with Crippen LogP contribution in [0.2, 0.25) is 0 Å². The lowest BCUT2D eigenvalue weighted by molar-refractivity contribution is -0.150. The van der Waals surface area contributed by atoms with Crippen LogP contribution < -0.4 is 5.32 Å². The highest BCUT2D eigenvalue weighted by Gasteiger charge is 2.14. The molecule has 0 aliphatic carbocycles. The molecule has 6 nitrogen and oxygen atoms in total. The standard InChI is InChI=1S/C48H81NO5/c1-3-5-7-9-11-13-15-17-18-19-20-21-22-24-26-28-30-35-39-43-48(53)54-45(41-37-33-31-34-38-42-46(50)49-44-47(51)52)40-36-32-29-27-25-23-16-14-12-10-8-6-4-2/h6,8,11-14,17-18,23,25,29,32,45H,3-5,7,9-10,15-16,19-22,24,26-28,30-31,33-44H2,1-2H3,(H,49,50)(H,51,52)/b8-6-,13-11-,14-12-,18-17-,25-23-,32-29-. The Morgan fingerprint density at radius 1 is 0.500 bits per heavy atom. The van der Waals surface area contributed by atoms with Gasteiger partial charge in [-0.25, -0.2) is 0 Å². The summed E-state index contributed by atoms with van der Waals surface area (Å²) >= 11 is 0. The second-order valence-corrected chi connectivity index (χ2v) is 14.6. The SMILES string of the molecule is CC/C=C\C/C=C\C/C=C\C/C=C\CCC(CCCCCCCC(=O)NCC(=O)O)OC(=O)CCCCCCCCCCC/C=C\C/C=C\CCCCC. The van der Waals surface area contributed by atoms with Crippen molar-refractivity contribution in [2.75, 3.05) is 6.54 Å². The van der Waals surface area contributed by atoms with Gasteiger partial charge in [-0.1, -0.05) is 164 Å². The van der Waals surface area contributed by atoms with Crippen molar-refractivity contribution < 1.29 is 24.2 Å². The van der Waals surface area contributed by atoms with Crippen molar-refractivity contribution in [2.45, 2.75) is 206 Å². The molecule has 1 amide bonds. The van der Waals surface area contributed by atoms with Crippen LogP contribution in [0.4, 0.5) is 0 Å². The van der Waals surface area contributed by atoms with E-state index in [1.54, 1.807) is 0 Å². The molecule has 0 aromatic rings. The lowest BCUT2D eigenvalue weighted by Gasteiger charge is -2.17. The van der Waals surface area contributed by atoms with E-state index in [9.17, 15) is 14.4 Å². The van der Waals surface area contributed by atoms with E-state index in [2.05, 4.69) is 92.1 Å². The largest absolute Gasteiger partial charge is 0.480 e. The molecule has 6 heteroatoms. The van der Waals surface area contributed by atoms with Crippen molar-refractivity contribution in [1.29, 1.82) is 0 Å². The molecule has 0 rings (SSSR count). The van der Waals surface area contributed by atoms with Crippen LogP contribution in [0.3, 0.4) is 0 Å². The monoisotopic (exact) mass is 752 g/mol. The summed E-state index contributed by atoms with van der Waals surface area (Å²) in [4.78, 5) is 35.0. The first-order chi connectivity index (χ1) is 26.5. The molecule has 2 N–H and O–H groups in total. The maximum atomic E-state index is 12.8. The molecule has 0 aromatic carbocycles. The Bertz CT molecular complexity index is 1050. The number of carboxylic acids is 1. The molecular formula is C48H81NO5. The lowest BCUT2D eigenvalue weighted by atomic mass is 10.0. The van der Waals surface area contributed by atoms with Crippen LogP contribution in [-0.4, -0.2) is 35.6 Å². The van der Waals surface area contributed by atoms with Gasteiger partial charge < -0.3 is 15.2 Å². The molecule has 0 bridgehead atoms. The van der Waals surface area contributed by atoms with Gasteiger partial charge in [0.25, 0.3) is 0 Å². The maximum Gasteiger partial charge on any atom is 0.322 e. The minimum Gasteiger partial charge on any atom is -0.480 e. The Balaban J connectivity index is 4.24. The van der Waals surface area contributed by atoms with E-state index in [0.29, 0.717) is 12.8 Å². The first kappa shape index (κ1) is 50.9. The predicted octanol–water partition coefficient (Wildman–Crippen LogP) is 13.8. The number of carbonyl (C=O) groups excluding carboxylic acids is 2. The summed E-state index contributed by atoms with van der Waals surface area (Å²) < 4.78 is 5.99. The highest BCUT2D eigenvalue weighted by Crippen LogP contribution is 2.17. The zero-order chi connectivity index (χ0) is 39.4. The molecule has 1 atom stereocenters. The Labute approximate surface area is 332 Å². The van der Waals surface area contributed by atoms with Crippen molar-refractivity contribution in [3.63, 3.8) is 0 Å². The summed E-state index contributed by atoms with van der Waals surface area (Å²) in [6.07, 6.45) is 57.4. The van der Waals surface area contributed by atoms with E-state index in [0.717, 1.165) is 96.3 Å². The van der Waals surface area contributed by atoms with Crippen LogP contribution in [0.1, 0.15) is 200 Å². The number of hydrogen-bond donors (Lipinski definition) is 2. The summed E-state index contributed by atoms with van der Waals surface area (Å²) in [6.45, 7) is 4.08. The average Bonchev–Trinajstić information content (AvgIpc) is 3.16. The van der Waals surface area contributed by atoms with E-state index < -0.39 is 5.97 Å². The fraction of sp³-hybridized carbons (Fsp3) is 0.688. The smallest absolute Gasteiger partial charge is 0.322 e. The molecule has 0 saturated heterocycles. The summed E-state index contributed by atoms with van der Waals surface area (Å²) in [5.74, 6) is -1.29. The maximum absolute atomic E-state index is 12.8. The predicted molar refractivity (Wildman–Crippen MR) is 231 cm³/mol.